The molecule has 0 amide bonds. The first-order chi connectivity index (χ1) is 9.60. The predicted molar refractivity (Wildman–Crippen MR) is 74.2 cm³/mol. The van der Waals surface area contributed by atoms with Crippen LogP contribution in [0.15, 0.2) is 11.6 Å². The van der Waals surface area contributed by atoms with Gasteiger partial charge < -0.3 is 24.8 Å². The third-order valence-electron chi connectivity index (χ3n) is 2.56. The van der Waals surface area contributed by atoms with Crippen LogP contribution in [0.2, 0.25) is 0 Å². The van der Waals surface area contributed by atoms with Gasteiger partial charge >= 0.3 is 5.97 Å². The molecular weight excluding hydrogens is 264 g/mol. The van der Waals surface area contributed by atoms with Crippen molar-refractivity contribution in [2.24, 2.45) is 0 Å². The molecule has 0 saturated heterocycles. The molecule has 0 saturated carbocycles. The second kappa shape index (κ2) is 11.8. The van der Waals surface area contributed by atoms with Crippen molar-refractivity contribution in [3.05, 3.63) is 11.6 Å². The van der Waals surface area contributed by atoms with Crippen molar-refractivity contribution in [1.29, 1.82) is 0 Å². The summed E-state index contributed by atoms with van der Waals surface area (Å²) in [7, 11) is 0. The fourth-order valence-corrected chi connectivity index (χ4v) is 1.70. The van der Waals surface area contributed by atoms with Crippen LogP contribution < -0.4 is 0 Å². The van der Waals surface area contributed by atoms with Crippen molar-refractivity contribution < 1.29 is 29.6 Å². The van der Waals surface area contributed by atoms with Crippen molar-refractivity contribution in [3.8, 4) is 0 Å². The summed E-state index contributed by atoms with van der Waals surface area (Å²) >= 11 is 0. The summed E-state index contributed by atoms with van der Waals surface area (Å²) in [5, 5.41) is 26.8. The highest BCUT2D eigenvalue weighted by molar-refractivity contribution is 5.78. The minimum atomic E-state index is -1.03. The molecule has 0 aliphatic carbocycles. The van der Waals surface area contributed by atoms with Crippen molar-refractivity contribution in [1.82, 2.24) is 0 Å². The van der Waals surface area contributed by atoms with Gasteiger partial charge in [0.05, 0.1) is 19.8 Å². The van der Waals surface area contributed by atoms with Crippen LogP contribution in [0.4, 0.5) is 0 Å². The fraction of sp³-hybridized carbons (Fsp3) is 0.786. The van der Waals surface area contributed by atoms with Gasteiger partial charge in [-0.15, -0.1) is 0 Å². The normalized spacial score (nSPS) is 14.9. The number of esters is 1. The minimum absolute atomic E-state index is 0.0905. The SMILES string of the molecule is CCC=C(CCC)C(OCC(O)CO)C(=O)OCCO. The lowest BCUT2D eigenvalue weighted by molar-refractivity contribution is -0.157. The van der Waals surface area contributed by atoms with Crippen LogP contribution in [0.25, 0.3) is 0 Å². The Morgan fingerprint density at radius 2 is 2.00 bits per heavy atom. The van der Waals surface area contributed by atoms with Crippen LogP contribution >= 0.6 is 0 Å². The lowest BCUT2D eigenvalue weighted by Crippen LogP contribution is -2.33. The summed E-state index contributed by atoms with van der Waals surface area (Å²) in [5.74, 6) is -0.586. The number of carbonyl (C=O) groups excluding carboxylic acids is 1. The third-order valence-corrected chi connectivity index (χ3v) is 2.56. The molecular formula is C14H26O6. The average Bonchev–Trinajstić information content (AvgIpc) is 2.45. The second-order valence-electron chi connectivity index (χ2n) is 4.38. The Balaban J connectivity index is 4.82. The Hall–Kier alpha value is -0.950. The highest BCUT2D eigenvalue weighted by atomic mass is 16.6. The van der Waals surface area contributed by atoms with Crippen LogP contribution in [0.3, 0.4) is 0 Å². The van der Waals surface area contributed by atoms with E-state index < -0.39 is 24.8 Å². The lowest BCUT2D eigenvalue weighted by Gasteiger charge is -2.21. The number of allylic oxidation sites excluding steroid dienone is 1. The molecule has 0 spiro atoms. The van der Waals surface area contributed by atoms with Gasteiger partial charge in [0.15, 0.2) is 6.10 Å². The molecule has 6 heteroatoms. The zero-order valence-electron chi connectivity index (χ0n) is 12.2. The van der Waals surface area contributed by atoms with Gasteiger partial charge in [0.2, 0.25) is 0 Å². The molecule has 2 atom stereocenters. The van der Waals surface area contributed by atoms with Crippen molar-refractivity contribution in [2.45, 2.75) is 45.3 Å². The molecule has 2 unspecified atom stereocenters. The number of aliphatic hydroxyl groups excluding tert-OH is 3. The monoisotopic (exact) mass is 290 g/mol. The van der Waals surface area contributed by atoms with Gasteiger partial charge in [-0.2, -0.15) is 0 Å². The van der Waals surface area contributed by atoms with E-state index in [9.17, 15) is 9.90 Å². The van der Waals surface area contributed by atoms with E-state index in [4.69, 9.17) is 19.7 Å². The highest BCUT2D eigenvalue weighted by Crippen LogP contribution is 2.16. The number of hydrogen-bond acceptors (Lipinski definition) is 6. The molecule has 0 heterocycles. The van der Waals surface area contributed by atoms with E-state index >= 15 is 0 Å². The van der Waals surface area contributed by atoms with Gasteiger partial charge in [0.25, 0.3) is 0 Å². The first kappa shape index (κ1) is 19.1. The summed E-state index contributed by atoms with van der Waals surface area (Å²) < 4.78 is 10.3. The average molecular weight is 290 g/mol. The number of rotatable bonds is 11. The fourth-order valence-electron chi connectivity index (χ4n) is 1.70. The van der Waals surface area contributed by atoms with E-state index in [1.165, 1.54) is 0 Å². The molecule has 6 nitrogen and oxygen atoms in total. The zero-order chi connectivity index (χ0) is 15.4. The maximum Gasteiger partial charge on any atom is 0.339 e. The summed E-state index contributed by atoms with van der Waals surface area (Å²) in [6.45, 7) is 3.01. The van der Waals surface area contributed by atoms with Gasteiger partial charge in [-0.05, 0) is 18.4 Å². The van der Waals surface area contributed by atoms with Crippen molar-refractivity contribution in [2.75, 3.05) is 26.4 Å². The smallest absolute Gasteiger partial charge is 0.339 e. The second-order valence-corrected chi connectivity index (χ2v) is 4.38. The molecule has 0 aromatic rings. The highest BCUT2D eigenvalue weighted by Gasteiger charge is 2.25. The van der Waals surface area contributed by atoms with Crippen LogP contribution in [0.1, 0.15) is 33.1 Å². The summed E-state index contributed by atoms with van der Waals surface area (Å²) in [5.41, 5.74) is 0.795. The lowest BCUT2D eigenvalue weighted by atomic mass is 10.0. The Morgan fingerprint density at radius 1 is 1.30 bits per heavy atom. The zero-order valence-corrected chi connectivity index (χ0v) is 12.2. The van der Waals surface area contributed by atoms with Gasteiger partial charge in [-0.3, -0.25) is 0 Å². The molecule has 0 aromatic heterocycles. The summed E-state index contributed by atoms with van der Waals surface area (Å²) in [6.07, 6.45) is 2.25. The maximum atomic E-state index is 12.0. The first-order valence-electron chi connectivity index (χ1n) is 6.97. The topological polar surface area (TPSA) is 96.2 Å². The standard InChI is InChI=1S/C14H26O6/c1-3-5-11(6-4-2)13(14(18)19-8-7-15)20-10-12(17)9-16/h5,12-13,15-17H,3-4,6-10H2,1-2H3. The largest absolute Gasteiger partial charge is 0.461 e. The van der Waals surface area contributed by atoms with Crippen molar-refractivity contribution >= 4 is 5.97 Å². The Kier molecular flexibility index (Phi) is 11.3. The molecule has 0 aliphatic rings. The minimum Gasteiger partial charge on any atom is -0.461 e. The van der Waals surface area contributed by atoms with Crippen LogP contribution in [0, 0.1) is 0 Å². The van der Waals surface area contributed by atoms with Gasteiger partial charge in [-0.1, -0.05) is 26.3 Å². The molecule has 0 radical (unpaired) electrons. The van der Waals surface area contributed by atoms with Crippen molar-refractivity contribution in [3.63, 3.8) is 0 Å². The van der Waals surface area contributed by atoms with Crippen LogP contribution in [-0.2, 0) is 14.3 Å². The van der Waals surface area contributed by atoms with Gasteiger partial charge in [-0.25, -0.2) is 4.79 Å². The molecule has 3 N–H and O–H groups in total. The number of aliphatic hydroxyl groups is 3. The Morgan fingerprint density at radius 3 is 2.50 bits per heavy atom. The molecule has 0 aliphatic heterocycles. The molecule has 20 heavy (non-hydrogen) atoms. The number of hydrogen-bond donors (Lipinski definition) is 3. The molecule has 0 bridgehead atoms. The van der Waals surface area contributed by atoms with Crippen LogP contribution in [-0.4, -0.2) is 59.9 Å². The molecule has 0 rings (SSSR count). The Bertz CT molecular complexity index is 289. The van der Waals surface area contributed by atoms with E-state index in [2.05, 4.69) is 0 Å². The van der Waals surface area contributed by atoms with E-state index in [1.54, 1.807) is 0 Å². The number of ether oxygens (including phenoxy) is 2. The van der Waals surface area contributed by atoms with E-state index in [-0.39, 0.29) is 19.8 Å². The first-order valence-corrected chi connectivity index (χ1v) is 6.97. The van der Waals surface area contributed by atoms with Crippen LogP contribution in [0.5, 0.6) is 0 Å². The van der Waals surface area contributed by atoms with Gasteiger partial charge in [0.1, 0.15) is 12.7 Å². The molecule has 0 fully saturated rings. The summed E-state index contributed by atoms with van der Waals surface area (Å²) in [4.78, 5) is 12.0. The van der Waals surface area contributed by atoms with E-state index in [0.717, 1.165) is 18.4 Å². The molecule has 0 aromatic carbocycles. The number of carbonyl (C=O) groups is 1. The Labute approximate surface area is 120 Å². The third kappa shape index (κ3) is 7.59. The maximum absolute atomic E-state index is 12.0. The predicted octanol–water partition coefficient (Wildman–Crippen LogP) is 0.397. The summed E-state index contributed by atoms with van der Waals surface area (Å²) in [6, 6.07) is 0. The quantitative estimate of drug-likeness (QED) is 0.376. The van der Waals surface area contributed by atoms with E-state index in [0.29, 0.717) is 6.42 Å². The molecule has 118 valence electrons. The van der Waals surface area contributed by atoms with E-state index in [1.807, 2.05) is 19.9 Å². The van der Waals surface area contributed by atoms with Gasteiger partial charge in [0, 0.05) is 0 Å².